The fourth-order valence-corrected chi connectivity index (χ4v) is 2.32. The molecule has 1 aliphatic rings. The van der Waals surface area contributed by atoms with Crippen molar-refractivity contribution in [3.63, 3.8) is 0 Å². The van der Waals surface area contributed by atoms with E-state index in [1.807, 2.05) is 6.20 Å². The molecule has 0 bridgehead atoms. The van der Waals surface area contributed by atoms with Crippen molar-refractivity contribution in [2.24, 2.45) is 0 Å². The lowest BCUT2D eigenvalue weighted by Crippen LogP contribution is -2.06. The zero-order valence-corrected chi connectivity index (χ0v) is 7.76. The lowest BCUT2D eigenvalue weighted by atomic mass is 9.94. The smallest absolute Gasteiger partial charge is 0.124 e. The van der Waals surface area contributed by atoms with Crippen molar-refractivity contribution in [3.8, 4) is 0 Å². The summed E-state index contributed by atoms with van der Waals surface area (Å²) in [7, 11) is 5.83. The topological polar surface area (TPSA) is 4.93 Å². The number of aromatic nitrogens is 1. The van der Waals surface area contributed by atoms with Crippen LogP contribution in [0.4, 0.5) is 4.39 Å². The van der Waals surface area contributed by atoms with E-state index in [-0.39, 0.29) is 5.82 Å². The molecule has 0 spiro atoms. The van der Waals surface area contributed by atoms with Crippen LogP contribution in [0.1, 0.15) is 12.0 Å². The Morgan fingerprint density at radius 2 is 2.21 bits per heavy atom. The molecule has 14 heavy (non-hydrogen) atoms. The maximum atomic E-state index is 13.2. The maximum absolute atomic E-state index is 13.2. The summed E-state index contributed by atoms with van der Waals surface area (Å²) >= 11 is 0. The predicted octanol–water partition coefficient (Wildman–Crippen LogP) is 1.52. The van der Waals surface area contributed by atoms with Gasteiger partial charge >= 0.3 is 0 Å². The molecule has 0 unspecified atom stereocenters. The third-order valence-corrected chi connectivity index (χ3v) is 2.89. The molecule has 2 aromatic rings. The molecule has 1 aromatic carbocycles. The quantitative estimate of drug-likeness (QED) is 0.548. The van der Waals surface area contributed by atoms with E-state index >= 15 is 0 Å². The van der Waals surface area contributed by atoms with E-state index in [1.54, 1.807) is 6.07 Å². The first-order valence-electron chi connectivity index (χ1n) is 4.82. The van der Waals surface area contributed by atoms with Crippen molar-refractivity contribution in [1.29, 1.82) is 0 Å². The van der Waals surface area contributed by atoms with E-state index in [2.05, 4.69) is 4.57 Å². The summed E-state index contributed by atoms with van der Waals surface area (Å²) in [6.45, 7) is 0.992. The largest absolute Gasteiger partial charge is 0.348 e. The predicted molar refractivity (Wildman–Crippen MR) is 55.6 cm³/mol. The summed E-state index contributed by atoms with van der Waals surface area (Å²) < 4.78 is 15.4. The second-order valence-corrected chi connectivity index (χ2v) is 3.84. The van der Waals surface area contributed by atoms with E-state index in [1.165, 1.54) is 6.07 Å². The summed E-state index contributed by atoms with van der Waals surface area (Å²) in [6.07, 6.45) is 3.93. The number of benzene rings is 1. The highest BCUT2D eigenvalue weighted by atomic mass is 19.1. The fourth-order valence-electron chi connectivity index (χ4n) is 2.32. The van der Waals surface area contributed by atoms with Crippen LogP contribution in [0, 0.1) is 5.82 Å². The van der Waals surface area contributed by atoms with Gasteiger partial charge in [-0.2, -0.15) is 0 Å². The van der Waals surface area contributed by atoms with Crippen molar-refractivity contribution in [3.05, 3.63) is 29.7 Å². The van der Waals surface area contributed by atoms with Gasteiger partial charge in [-0.25, -0.2) is 4.39 Å². The molecule has 0 N–H and O–H groups in total. The van der Waals surface area contributed by atoms with E-state index in [0.29, 0.717) is 5.46 Å². The molecule has 1 aromatic heterocycles. The van der Waals surface area contributed by atoms with Crippen molar-refractivity contribution >= 4 is 24.2 Å². The Morgan fingerprint density at radius 1 is 1.36 bits per heavy atom. The van der Waals surface area contributed by atoms with Crippen LogP contribution in [0.2, 0.25) is 0 Å². The SMILES string of the molecule is [B]c1cn2c3c(cc(F)cc13)CCC2. The molecule has 3 rings (SSSR count). The minimum absolute atomic E-state index is 0.182. The van der Waals surface area contributed by atoms with Crippen LogP contribution >= 0.6 is 0 Å². The lowest BCUT2D eigenvalue weighted by molar-refractivity contribution is 0.611. The van der Waals surface area contributed by atoms with Crippen LogP contribution in [0.15, 0.2) is 18.3 Å². The molecule has 1 aliphatic heterocycles. The van der Waals surface area contributed by atoms with Crippen LogP contribution < -0.4 is 5.46 Å². The number of rotatable bonds is 0. The zero-order chi connectivity index (χ0) is 9.71. The molecule has 0 aliphatic carbocycles. The highest BCUT2D eigenvalue weighted by molar-refractivity contribution is 6.39. The standard InChI is InChI=1S/C11H9BFN/c12-10-6-14-3-1-2-7-4-8(13)5-9(10)11(7)14/h4-6H,1-3H2. The molecule has 0 atom stereocenters. The lowest BCUT2D eigenvalue weighted by Gasteiger charge is -2.15. The first kappa shape index (κ1) is 8.10. The molecule has 0 saturated carbocycles. The summed E-state index contributed by atoms with van der Waals surface area (Å²) in [5.41, 5.74) is 2.89. The summed E-state index contributed by atoms with van der Waals surface area (Å²) in [5, 5.41) is 0.861. The van der Waals surface area contributed by atoms with Crippen molar-refractivity contribution in [2.45, 2.75) is 19.4 Å². The molecule has 0 fully saturated rings. The Morgan fingerprint density at radius 3 is 3.07 bits per heavy atom. The van der Waals surface area contributed by atoms with Crippen LogP contribution in [0.3, 0.4) is 0 Å². The Labute approximate surface area is 82.9 Å². The Balaban J connectivity index is 2.49. The van der Waals surface area contributed by atoms with Crippen LogP contribution in [0.25, 0.3) is 10.9 Å². The van der Waals surface area contributed by atoms with Crippen LogP contribution in [0.5, 0.6) is 0 Å². The highest BCUT2D eigenvalue weighted by Gasteiger charge is 2.15. The Hall–Kier alpha value is -1.25. The van der Waals surface area contributed by atoms with Crippen molar-refractivity contribution in [1.82, 2.24) is 4.57 Å². The third kappa shape index (κ3) is 0.954. The second-order valence-electron chi connectivity index (χ2n) is 3.84. The average Bonchev–Trinajstić information content (AvgIpc) is 2.45. The molecule has 1 nitrogen and oxygen atoms in total. The fraction of sp³-hybridized carbons (Fsp3) is 0.273. The average molecular weight is 185 g/mol. The third-order valence-electron chi connectivity index (χ3n) is 2.89. The van der Waals surface area contributed by atoms with Gasteiger partial charge in [-0.15, -0.1) is 0 Å². The van der Waals surface area contributed by atoms with Gasteiger partial charge < -0.3 is 4.57 Å². The van der Waals surface area contributed by atoms with Crippen molar-refractivity contribution in [2.75, 3.05) is 0 Å². The van der Waals surface area contributed by atoms with Gasteiger partial charge in [-0.05, 0) is 42.1 Å². The molecular weight excluding hydrogens is 176 g/mol. The summed E-state index contributed by atoms with van der Waals surface area (Å²) in [4.78, 5) is 0. The van der Waals surface area contributed by atoms with Gasteiger partial charge in [-0.1, -0.05) is 5.46 Å². The zero-order valence-electron chi connectivity index (χ0n) is 7.76. The van der Waals surface area contributed by atoms with Crippen molar-refractivity contribution < 1.29 is 4.39 Å². The Kier molecular flexibility index (Phi) is 1.52. The molecule has 68 valence electrons. The van der Waals surface area contributed by atoms with E-state index in [4.69, 9.17) is 7.85 Å². The first-order valence-corrected chi connectivity index (χ1v) is 4.82. The van der Waals surface area contributed by atoms with Gasteiger partial charge in [0.2, 0.25) is 0 Å². The molecule has 2 heterocycles. The Bertz CT molecular complexity index is 515. The van der Waals surface area contributed by atoms with Gasteiger partial charge in [0.05, 0.1) is 5.52 Å². The van der Waals surface area contributed by atoms with Gasteiger partial charge in [0, 0.05) is 6.54 Å². The maximum Gasteiger partial charge on any atom is 0.124 e. The first-order chi connectivity index (χ1) is 6.75. The second kappa shape index (κ2) is 2.63. The normalized spacial score (nSPS) is 14.9. The number of nitrogens with zero attached hydrogens (tertiary/aromatic N) is 1. The number of hydrogen-bond donors (Lipinski definition) is 0. The summed E-state index contributed by atoms with van der Waals surface area (Å²) in [5.74, 6) is -0.182. The van der Waals surface area contributed by atoms with Crippen LogP contribution in [-0.2, 0) is 13.0 Å². The van der Waals surface area contributed by atoms with Gasteiger partial charge in [0.15, 0.2) is 0 Å². The minimum atomic E-state index is -0.182. The molecule has 0 amide bonds. The molecule has 2 radical (unpaired) electrons. The number of hydrogen-bond acceptors (Lipinski definition) is 0. The number of aryl methyl sites for hydroxylation is 2. The van der Waals surface area contributed by atoms with E-state index in [9.17, 15) is 4.39 Å². The minimum Gasteiger partial charge on any atom is -0.348 e. The van der Waals surface area contributed by atoms with Gasteiger partial charge in [-0.3, -0.25) is 0 Å². The van der Waals surface area contributed by atoms with Crippen LogP contribution in [-0.4, -0.2) is 12.4 Å². The van der Waals surface area contributed by atoms with E-state index in [0.717, 1.165) is 35.9 Å². The molecule has 3 heteroatoms. The van der Waals surface area contributed by atoms with Gasteiger partial charge in [0.1, 0.15) is 13.7 Å². The highest BCUT2D eigenvalue weighted by Crippen LogP contribution is 2.25. The monoisotopic (exact) mass is 185 g/mol. The summed E-state index contributed by atoms with van der Waals surface area (Å²) in [6, 6.07) is 3.15. The molecular formula is C11H9BFN. The molecule has 0 saturated heterocycles. The van der Waals surface area contributed by atoms with Gasteiger partial charge in [0.25, 0.3) is 0 Å². The van der Waals surface area contributed by atoms with E-state index < -0.39 is 0 Å². The number of halogens is 1.